The Hall–Kier alpha value is -1.80. The standard InChI is InChI=1S/C16H7Br2F3O3/c17-8-5-9-14(23)13(24-15(9)11(18)6-8)4-7-1-2-12(22)10(3-7)16(19,20)21/h1-6,22H/b13-4-. The van der Waals surface area contributed by atoms with Gasteiger partial charge in [0.1, 0.15) is 5.75 Å². The highest BCUT2D eigenvalue weighted by molar-refractivity contribution is 9.11. The summed E-state index contributed by atoms with van der Waals surface area (Å²) in [4.78, 5) is 12.3. The molecule has 0 aliphatic carbocycles. The van der Waals surface area contributed by atoms with E-state index in [-0.39, 0.29) is 11.3 Å². The number of halogens is 5. The molecule has 1 aliphatic heterocycles. The summed E-state index contributed by atoms with van der Waals surface area (Å²) in [6.45, 7) is 0. The third kappa shape index (κ3) is 3.08. The minimum Gasteiger partial charge on any atom is -0.507 e. The van der Waals surface area contributed by atoms with Gasteiger partial charge < -0.3 is 9.84 Å². The normalized spacial score (nSPS) is 15.5. The predicted octanol–water partition coefficient (Wildman–Crippen LogP) is 5.55. The molecule has 3 rings (SSSR count). The third-order valence-electron chi connectivity index (χ3n) is 3.31. The number of rotatable bonds is 1. The van der Waals surface area contributed by atoms with Gasteiger partial charge >= 0.3 is 6.18 Å². The van der Waals surface area contributed by atoms with Crippen molar-refractivity contribution in [3.63, 3.8) is 0 Å². The smallest absolute Gasteiger partial charge is 0.419 e. The molecule has 1 N–H and O–H groups in total. The Kier molecular flexibility index (Phi) is 4.21. The van der Waals surface area contributed by atoms with Gasteiger partial charge in [0.2, 0.25) is 5.78 Å². The van der Waals surface area contributed by atoms with Crippen molar-refractivity contribution in [3.8, 4) is 11.5 Å². The highest BCUT2D eigenvalue weighted by Crippen LogP contribution is 2.41. The maximum Gasteiger partial charge on any atom is 0.419 e. The number of Topliss-reactive ketones (excluding diaryl/α,β-unsaturated/α-hetero) is 1. The lowest BCUT2D eigenvalue weighted by Gasteiger charge is -2.09. The molecule has 0 radical (unpaired) electrons. The highest BCUT2D eigenvalue weighted by atomic mass is 79.9. The quantitative estimate of drug-likeness (QED) is 0.564. The topological polar surface area (TPSA) is 46.5 Å². The second kappa shape index (κ2) is 5.93. The van der Waals surface area contributed by atoms with E-state index in [9.17, 15) is 23.1 Å². The van der Waals surface area contributed by atoms with E-state index in [1.54, 1.807) is 12.1 Å². The van der Waals surface area contributed by atoms with Crippen LogP contribution in [0.4, 0.5) is 13.2 Å². The summed E-state index contributed by atoms with van der Waals surface area (Å²) in [6.07, 6.45) is -3.49. The monoisotopic (exact) mass is 462 g/mol. The zero-order valence-electron chi connectivity index (χ0n) is 11.6. The van der Waals surface area contributed by atoms with Crippen LogP contribution >= 0.6 is 31.9 Å². The number of hydrogen-bond acceptors (Lipinski definition) is 3. The van der Waals surface area contributed by atoms with Crippen molar-refractivity contribution in [3.05, 3.63) is 61.7 Å². The van der Waals surface area contributed by atoms with E-state index in [4.69, 9.17) is 4.74 Å². The van der Waals surface area contributed by atoms with E-state index in [1.165, 1.54) is 12.1 Å². The number of phenolic OH excluding ortho intramolecular Hbond substituents is 1. The van der Waals surface area contributed by atoms with Gasteiger partial charge in [-0.25, -0.2) is 0 Å². The second-order valence-electron chi connectivity index (χ2n) is 4.98. The number of carbonyl (C=O) groups excluding carboxylic acids is 1. The van der Waals surface area contributed by atoms with Crippen molar-refractivity contribution in [2.24, 2.45) is 0 Å². The van der Waals surface area contributed by atoms with Crippen LogP contribution in [0.1, 0.15) is 21.5 Å². The number of ketones is 1. The number of ether oxygens (including phenoxy) is 1. The molecule has 3 nitrogen and oxygen atoms in total. The van der Waals surface area contributed by atoms with Crippen LogP contribution in [0, 0.1) is 0 Å². The fourth-order valence-electron chi connectivity index (χ4n) is 2.24. The number of fused-ring (bicyclic) bond motifs is 1. The number of hydrogen-bond donors (Lipinski definition) is 1. The van der Waals surface area contributed by atoms with Crippen LogP contribution in [0.5, 0.6) is 11.5 Å². The lowest BCUT2D eigenvalue weighted by Crippen LogP contribution is -2.05. The van der Waals surface area contributed by atoms with Gasteiger partial charge in [0.05, 0.1) is 15.6 Å². The first-order chi connectivity index (χ1) is 11.2. The number of aromatic hydroxyl groups is 1. The Bertz CT molecular complexity index is 889. The van der Waals surface area contributed by atoms with Crippen LogP contribution in [0.25, 0.3) is 6.08 Å². The van der Waals surface area contributed by atoms with Gasteiger partial charge in [0.25, 0.3) is 0 Å². The number of alkyl halides is 3. The second-order valence-corrected chi connectivity index (χ2v) is 6.75. The molecule has 0 saturated heterocycles. The Morgan fingerprint density at radius 3 is 2.50 bits per heavy atom. The molecule has 0 aromatic heterocycles. The molecule has 2 aromatic rings. The molecule has 0 atom stereocenters. The van der Waals surface area contributed by atoms with E-state index in [0.717, 1.165) is 12.1 Å². The summed E-state index contributed by atoms with van der Waals surface area (Å²) in [5.74, 6) is -1.10. The SMILES string of the molecule is O=C1/C(=C/c2ccc(O)c(C(F)(F)F)c2)Oc2c(Br)cc(Br)cc21. The van der Waals surface area contributed by atoms with Gasteiger partial charge in [-0.3, -0.25) is 4.79 Å². The first-order valence-electron chi connectivity index (χ1n) is 6.50. The Balaban J connectivity index is 2.03. The van der Waals surface area contributed by atoms with Crippen molar-refractivity contribution in [1.82, 2.24) is 0 Å². The van der Waals surface area contributed by atoms with Crippen LogP contribution in [-0.4, -0.2) is 10.9 Å². The van der Waals surface area contributed by atoms with Crippen LogP contribution in [-0.2, 0) is 6.18 Å². The Morgan fingerprint density at radius 1 is 1.12 bits per heavy atom. The Labute approximate surface area is 151 Å². The van der Waals surface area contributed by atoms with Crippen LogP contribution in [0.2, 0.25) is 0 Å². The van der Waals surface area contributed by atoms with Crippen molar-refractivity contribution < 1.29 is 27.8 Å². The first-order valence-corrected chi connectivity index (χ1v) is 8.09. The van der Waals surface area contributed by atoms with Gasteiger partial charge in [-0.15, -0.1) is 0 Å². The van der Waals surface area contributed by atoms with Crippen molar-refractivity contribution in [1.29, 1.82) is 0 Å². The average molecular weight is 464 g/mol. The zero-order chi connectivity index (χ0) is 17.6. The lowest BCUT2D eigenvalue weighted by atomic mass is 10.1. The van der Waals surface area contributed by atoms with Crippen molar-refractivity contribution in [2.45, 2.75) is 6.18 Å². The minimum absolute atomic E-state index is 0.0893. The molecular formula is C16H7Br2F3O3. The summed E-state index contributed by atoms with van der Waals surface area (Å²) >= 11 is 6.53. The van der Waals surface area contributed by atoms with E-state index in [1.807, 2.05) is 0 Å². The van der Waals surface area contributed by atoms with Crippen molar-refractivity contribution >= 4 is 43.7 Å². The molecule has 1 aliphatic rings. The fourth-order valence-corrected chi connectivity index (χ4v) is 3.54. The number of benzene rings is 2. The number of allylic oxidation sites excluding steroid dienone is 1. The summed E-state index contributed by atoms with van der Waals surface area (Å²) in [7, 11) is 0. The van der Waals surface area contributed by atoms with Crippen LogP contribution in [0.15, 0.2) is 45.0 Å². The van der Waals surface area contributed by atoms with Crippen LogP contribution < -0.4 is 4.74 Å². The molecule has 0 saturated carbocycles. The van der Waals surface area contributed by atoms with Gasteiger partial charge in [0, 0.05) is 4.47 Å². The summed E-state index contributed by atoms with van der Waals surface area (Å²) in [5.41, 5.74) is -0.785. The van der Waals surface area contributed by atoms with E-state index < -0.39 is 23.3 Å². The van der Waals surface area contributed by atoms with E-state index >= 15 is 0 Å². The maximum atomic E-state index is 12.8. The third-order valence-corrected chi connectivity index (χ3v) is 4.36. The van der Waals surface area contributed by atoms with Crippen molar-refractivity contribution in [2.75, 3.05) is 0 Å². The van der Waals surface area contributed by atoms with Gasteiger partial charge in [-0.1, -0.05) is 22.0 Å². The highest BCUT2D eigenvalue weighted by Gasteiger charge is 2.34. The van der Waals surface area contributed by atoms with Gasteiger partial charge in [-0.2, -0.15) is 13.2 Å². The lowest BCUT2D eigenvalue weighted by molar-refractivity contribution is -0.138. The van der Waals surface area contributed by atoms with E-state index in [0.29, 0.717) is 20.3 Å². The molecule has 0 bridgehead atoms. The fraction of sp³-hybridized carbons (Fsp3) is 0.0625. The van der Waals surface area contributed by atoms with Gasteiger partial charge in [0.15, 0.2) is 11.5 Å². The molecule has 2 aromatic carbocycles. The molecule has 0 amide bonds. The predicted molar refractivity (Wildman–Crippen MR) is 87.9 cm³/mol. The number of phenols is 1. The molecule has 0 spiro atoms. The molecule has 0 fully saturated rings. The summed E-state index contributed by atoms with van der Waals surface area (Å²) in [6, 6.07) is 6.21. The average Bonchev–Trinajstić information content (AvgIpc) is 2.77. The Morgan fingerprint density at radius 2 is 1.83 bits per heavy atom. The van der Waals surface area contributed by atoms with E-state index in [2.05, 4.69) is 31.9 Å². The molecule has 0 unspecified atom stereocenters. The summed E-state index contributed by atoms with van der Waals surface area (Å²) < 4.78 is 45.2. The van der Waals surface area contributed by atoms with Crippen LogP contribution in [0.3, 0.4) is 0 Å². The molecule has 1 heterocycles. The molecule has 124 valence electrons. The molecule has 24 heavy (non-hydrogen) atoms. The molecular weight excluding hydrogens is 457 g/mol. The minimum atomic E-state index is -4.70. The summed E-state index contributed by atoms with van der Waals surface area (Å²) in [5, 5.41) is 9.34. The zero-order valence-corrected chi connectivity index (χ0v) is 14.8. The van der Waals surface area contributed by atoms with Gasteiger partial charge in [-0.05, 0) is 51.8 Å². The largest absolute Gasteiger partial charge is 0.507 e. The first kappa shape index (κ1) is 17.0. The maximum absolute atomic E-state index is 12.8. The number of carbonyl (C=O) groups is 1. The molecule has 8 heteroatoms.